The molecule has 5 N–H and O–H groups in total. The van der Waals surface area contributed by atoms with Crippen LogP contribution in [0.4, 0.5) is 0 Å². The zero-order valence-electron chi connectivity index (χ0n) is 23.9. The number of amides is 1. The number of carbonyl (C=O) groups is 2. The van der Waals surface area contributed by atoms with Crippen LogP contribution in [0, 0.1) is 5.41 Å². The van der Waals surface area contributed by atoms with E-state index >= 15 is 0 Å². The fourth-order valence-corrected chi connectivity index (χ4v) is 5.80. The van der Waals surface area contributed by atoms with Gasteiger partial charge < -0.3 is 29.9 Å². The predicted octanol–water partition coefficient (Wildman–Crippen LogP) is 2.62. The van der Waals surface area contributed by atoms with Crippen molar-refractivity contribution in [1.82, 2.24) is 5.09 Å². The quantitative estimate of drug-likeness (QED) is 0.145. The van der Waals surface area contributed by atoms with Crippen LogP contribution in [0.1, 0.15) is 44.3 Å². The number of hydrogen-bond donors (Lipinski definition) is 4. The zero-order valence-corrected chi connectivity index (χ0v) is 24.8. The summed E-state index contributed by atoms with van der Waals surface area (Å²) in [5.41, 5.74) is 5.25. The number of nitrogens with zero attached hydrogens (tertiary/aromatic N) is 1. The Bertz CT molecular complexity index is 1470. The lowest BCUT2D eigenvalue weighted by atomic mass is 9.99. The Labute approximate surface area is 243 Å². The Morgan fingerprint density at radius 2 is 1.81 bits per heavy atom. The number of esters is 1. The third kappa shape index (κ3) is 7.71. The molecule has 3 aromatic rings. The third-order valence-electron chi connectivity index (χ3n) is 6.47. The standard InChI is InChI=1S/C29H36N3O9P/c1-18(28(36)38-17-29(2,3)4)31-42(37,41-22-13-7-10-19-9-5-6-12-21(19)22)39-16-23-24(33)25(34)27(40-23)32-14-8-11-20(15-32)26(30)35/h5-15,18,23-25,27,33-34H,16-17H2,1-4H3,(H2-,30,31,35,37)/p+1/t18-,23?,24?,25?,27?,42?/m0/s1. The van der Waals surface area contributed by atoms with Crippen molar-refractivity contribution in [3.05, 3.63) is 72.6 Å². The number of rotatable bonds is 11. The lowest BCUT2D eigenvalue weighted by molar-refractivity contribution is -0.765. The minimum atomic E-state index is -4.32. The molecule has 42 heavy (non-hydrogen) atoms. The molecule has 1 saturated heterocycles. The first-order valence-corrected chi connectivity index (χ1v) is 15.0. The van der Waals surface area contributed by atoms with Crippen LogP contribution in [0.15, 0.2) is 67.0 Å². The van der Waals surface area contributed by atoms with Crippen molar-refractivity contribution >= 4 is 30.4 Å². The highest BCUT2D eigenvalue weighted by Crippen LogP contribution is 2.47. The summed E-state index contributed by atoms with van der Waals surface area (Å²) in [4.78, 5) is 24.3. The molecule has 2 aromatic carbocycles. The minimum Gasteiger partial charge on any atom is -0.464 e. The molecule has 6 atom stereocenters. The van der Waals surface area contributed by atoms with E-state index < -0.39 is 56.8 Å². The highest BCUT2D eigenvalue weighted by molar-refractivity contribution is 7.52. The monoisotopic (exact) mass is 602 g/mol. The van der Waals surface area contributed by atoms with Gasteiger partial charge in [-0.3, -0.25) is 14.1 Å². The molecule has 5 unspecified atom stereocenters. The molecule has 0 spiro atoms. The molecule has 13 heteroatoms. The smallest absolute Gasteiger partial charge is 0.459 e. The molecule has 226 valence electrons. The van der Waals surface area contributed by atoms with Gasteiger partial charge in [0.2, 0.25) is 0 Å². The van der Waals surface area contributed by atoms with Crippen molar-refractivity contribution in [1.29, 1.82) is 0 Å². The lowest BCUT2D eigenvalue weighted by Gasteiger charge is -2.25. The van der Waals surface area contributed by atoms with Gasteiger partial charge in [-0.1, -0.05) is 57.2 Å². The van der Waals surface area contributed by atoms with Crippen LogP contribution in [0.5, 0.6) is 5.75 Å². The largest absolute Gasteiger partial charge is 0.464 e. The number of ether oxygens (including phenoxy) is 2. The average Bonchev–Trinajstić information content (AvgIpc) is 3.23. The van der Waals surface area contributed by atoms with Gasteiger partial charge in [0.25, 0.3) is 12.1 Å². The molecule has 0 saturated carbocycles. The van der Waals surface area contributed by atoms with Gasteiger partial charge in [-0.15, -0.1) is 0 Å². The van der Waals surface area contributed by atoms with Gasteiger partial charge in [0.05, 0.1) is 13.2 Å². The summed E-state index contributed by atoms with van der Waals surface area (Å²) < 4.78 is 38.4. The second-order valence-corrected chi connectivity index (χ2v) is 13.0. The van der Waals surface area contributed by atoms with Crippen LogP contribution in [-0.2, 0) is 23.4 Å². The Balaban J connectivity index is 1.54. The van der Waals surface area contributed by atoms with Crippen LogP contribution < -0.4 is 19.9 Å². The summed E-state index contributed by atoms with van der Waals surface area (Å²) in [7, 11) is -4.32. The van der Waals surface area contributed by atoms with Crippen LogP contribution in [0.25, 0.3) is 10.8 Å². The minimum absolute atomic E-state index is 0.142. The Morgan fingerprint density at radius 3 is 2.52 bits per heavy atom. The third-order valence-corrected chi connectivity index (χ3v) is 8.10. The molecule has 1 fully saturated rings. The van der Waals surface area contributed by atoms with Crippen LogP contribution in [0.3, 0.4) is 0 Å². The highest BCUT2D eigenvalue weighted by Gasteiger charge is 2.49. The van der Waals surface area contributed by atoms with Gasteiger partial charge in [0, 0.05) is 11.5 Å². The van der Waals surface area contributed by atoms with Crippen LogP contribution in [-0.4, -0.2) is 59.7 Å². The maximum Gasteiger partial charge on any atom is 0.459 e. The fourth-order valence-electron chi connectivity index (χ4n) is 4.28. The predicted molar refractivity (Wildman–Crippen MR) is 152 cm³/mol. The number of pyridine rings is 1. The van der Waals surface area contributed by atoms with E-state index in [1.807, 2.05) is 39.0 Å². The Kier molecular flexibility index (Phi) is 9.67. The summed E-state index contributed by atoms with van der Waals surface area (Å²) in [6.45, 7) is 6.86. The second-order valence-electron chi connectivity index (χ2n) is 11.3. The van der Waals surface area contributed by atoms with Crippen molar-refractivity contribution < 1.29 is 47.5 Å². The Morgan fingerprint density at radius 1 is 1.10 bits per heavy atom. The molecular weight excluding hydrogens is 565 g/mol. The number of hydrogen-bond acceptors (Lipinski definition) is 9. The number of nitrogens with two attached hydrogens (primary N) is 1. The number of primary amides is 1. The molecule has 1 aliphatic rings. The number of fused-ring (bicyclic) bond motifs is 1. The van der Waals surface area contributed by atoms with E-state index in [2.05, 4.69) is 5.09 Å². The van der Waals surface area contributed by atoms with Crippen LogP contribution >= 0.6 is 7.75 Å². The zero-order chi connectivity index (χ0) is 30.7. The summed E-state index contributed by atoms with van der Waals surface area (Å²) in [6, 6.07) is 14.5. The molecule has 2 heterocycles. The van der Waals surface area contributed by atoms with Crippen LogP contribution in [0.2, 0.25) is 0 Å². The highest BCUT2D eigenvalue weighted by atomic mass is 31.2. The van der Waals surface area contributed by atoms with Gasteiger partial charge in [-0.25, -0.2) is 4.57 Å². The molecule has 0 bridgehead atoms. The maximum atomic E-state index is 14.1. The Hall–Kier alpha value is -3.38. The summed E-state index contributed by atoms with van der Waals surface area (Å²) in [5.74, 6) is -1.09. The van der Waals surface area contributed by atoms with Gasteiger partial charge in [-0.2, -0.15) is 9.65 Å². The maximum absolute atomic E-state index is 14.1. The first-order valence-electron chi connectivity index (χ1n) is 13.4. The fraction of sp³-hybridized carbons (Fsp3) is 0.414. The van der Waals surface area contributed by atoms with E-state index in [1.54, 1.807) is 30.3 Å². The summed E-state index contributed by atoms with van der Waals surface area (Å²) in [6.07, 6.45) is -2.18. The topological polar surface area (TPSA) is 171 Å². The number of nitrogens with one attached hydrogen (secondary N) is 1. The van der Waals surface area contributed by atoms with Gasteiger partial charge in [0.15, 0.2) is 18.5 Å². The molecule has 1 aromatic heterocycles. The van der Waals surface area contributed by atoms with Crippen molar-refractivity contribution in [2.24, 2.45) is 11.1 Å². The number of aliphatic hydroxyl groups is 2. The normalized spacial score (nSPS) is 22.8. The molecule has 1 aliphatic heterocycles. The first kappa shape index (κ1) is 31.6. The number of aliphatic hydroxyl groups excluding tert-OH is 2. The van der Waals surface area contributed by atoms with E-state index in [9.17, 15) is 24.4 Å². The SMILES string of the molecule is C[C@H](NP(=O)(OCC1OC([n+]2cccc(C(N)=O)c2)C(O)C1O)Oc1cccc2ccccc12)C(=O)OCC(C)(C)C. The number of aromatic nitrogens is 1. The summed E-state index contributed by atoms with van der Waals surface area (Å²) in [5, 5.41) is 25.5. The van der Waals surface area contributed by atoms with E-state index in [4.69, 9.17) is 24.3 Å². The van der Waals surface area contributed by atoms with E-state index in [0.717, 1.165) is 5.39 Å². The van der Waals surface area contributed by atoms with Crippen molar-refractivity contribution in [2.45, 2.75) is 58.3 Å². The van der Waals surface area contributed by atoms with Crippen molar-refractivity contribution in [3.63, 3.8) is 0 Å². The molecule has 0 aliphatic carbocycles. The second kappa shape index (κ2) is 12.9. The number of carbonyl (C=O) groups excluding carboxylic acids is 2. The molecule has 12 nitrogen and oxygen atoms in total. The van der Waals surface area contributed by atoms with E-state index in [-0.39, 0.29) is 23.3 Å². The average molecular weight is 603 g/mol. The van der Waals surface area contributed by atoms with Crippen molar-refractivity contribution in [3.8, 4) is 5.75 Å². The first-order chi connectivity index (χ1) is 19.8. The van der Waals surface area contributed by atoms with E-state index in [1.165, 1.54) is 30.0 Å². The molecule has 0 radical (unpaired) electrons. The molecule has 1 amide bonds. The number of benzene rings is 2. The lowest BCUT2D eigenvalue weighted by Crippen LogP contribution is -2.46. The van der Waals surface area contributed by atoms with Gasteiger partial charge >= 0.3 is 13.7 Å². The van der Waals surface area contributed by atoms with Gasteiger partial charge in [0.1, 0.15) is 29.6 Å². The van der Waals surface area contributed by atoms with Crippen molar-refractivity contribution in [2.75, 3.05) is 13.2 Å². The van der Waals surface area contributed by atoms with Gasteiger partial charge in [-0.05, 0) is 29.9 Å². The molecular formula is C29H37N3O9P+. The van der Waals surface area contributed by atoms with E-state index in [0.29, 0.717) is 5.39 Å². The summed E-state index contributed by atoms with van der Waals surface area (Å²) >= 11 is 0. The molecule has 4 rings (SSSR count).